The van der Waals surface area contributed by atoms with Crippen molar-refractivity contribution in [2.75, 3.05) is 26.1 Å². The number of hydrogen-bond donors (Lipinski definition) is 2. The highest BCUT2D eigenvalue weighted by Crippen LogP contribution is 2.30. The van der Waals surface area contributed by atoms with E-state index in [9.17, 15) is 18.0 Å². The number of carbonyl (C=O) groups is 1. The molecule has 0 aliphatic heterocycles. The van der Waals surface area contributed by atoms with Gasteiger partial charge in [-0.2, -0.15) is 13.2 Å². The van der Waals surface area contributed by atoms with Crippen molar-refractivity contribution in [2.45, 2.75) is 12.7 Å². The van der Waals surface area contributed by atoms with Gasteiger partial charge in [0.1, 0.15) is 0 Å². The fourth-order valence-corrected chi connectivity index (χ4v) is 2.26. The minimum atomic E-state index is -4.40. The number of methoxy groups -OCH3 is 2. The van der Waals surface area contributed by atoms with Crippen LogP contribution in [0.15, 0.2) is 42.5 Å². The van der Waals surface area contributed by atoms with Crippen LogP contribution in [-0.2, 0) is 17.5 Å². The van der Waals surface area contributed by atoms with Crippen LogP contribution in [0.3, 0.4) is 0 Å². The summed E-state index contributed by atoms with van der Waals surface area (Å²) in [5, 5.41) is 5.49. The number of anilines is 1. The third kappa shape index (κ3) is 5.38. The molecule has 2 aromatic carbocycles. The Bertz CT molecular complexity index is 746. The van der Waals surface area contributed by atoms with Crippen LogP contribution in [0.2, 0.25) is 0 Å². The number of rotatable bonds is 7. The number of carbonyl (C=O) groups excluding carboxylic acids is 1. The molecule has 140 valence electrons. The van der Waals surface area contributed by atoms with Crippen molar-refractivity contribution in [3.8, 4) is 11.5 Å². The van der Waals surface area contributed by atoms with E-state index in [1.54, 1.807) is 19.2 Å². The summed E-state index contributed by atoms with van der Waals surface area (Å²) in [4.78, 5) is 11.9. The second kappa shape index (κ2) is 8.57. The first kappa shape index (κ1) is 19.6. The number of hydrogen-bond acceptors (Lipinski definition) is 4. The van der Waals surface area contributed by atoms with Crippen LogP contribution in [0.25, 0.3) is 0 Å². The van der Waals surface area contributed by atoms with Gasteiger partial charge >= 0.3 is 6.18 Å². The molecule has 2 N–H and O–H groups in total. The minimum Gasteiger partial charge on any atom is -0.493 e. The van der Waals surface area contributed by atoms with Gasteiger partial charge in [-0.05, 0) is 42.0 Å². The van der Waals surface area contributed by atoms with Crippen LogP contribution >= 0.6 is 0 Å². The molecule has 0 heterocycles. The first-order chi connectivity index (χ1) is 12.3. The van der Waals surface area contributed by atoms with Crippen LogP contribution in [0.5, 0.6) is 11.5 Å². The van der Waals surface area contributed by atoms with E-state index < -0.39 is 11.7 Å². The summed E-state index contributed by atoms with van der Waals surface area (Å²) in [7, 11) is 3.08. The fraction of sp³-hybridized carbons (Fsp3) is 0.278. The quantitative estimate of drug-likeness (QED) is 0.786. The summed E-state index contributed by atoms with van der Waals surface area (Å²) in [6, 6.07) is 9.67. The molecule has 0 aromatic heterocycles. The Balaban J connectivity index is 1.84. The molecule has 0 aliphatic carbocycles. The van der Waals surface area contributed by atoms with E-state index in [0.29, 0.717) is 23.7 Å². The Kier molecular flexibility index (Phi) is 6.46. The Morgan fingerprint density at radius 3 is 2.23 bits per heavy atom. The maximum atomic E-state index is 12.5. The second-order valence-electron chi connectivity index (χ2n) is 5.42. The Hall–Kier alpha value is -2.74. The first-order valence-corrected chi connectivity index (χ1v) is 7.72. The number of nitrogens with one attached hydrogen (secondary N) is 2. The van der Waals surface area contributed by atoms with E-state index in [-0.39, 0.29) is 12.5 Å². The highest BCUT2D eigenvalue weighted by atomic mass is 19.4. The van der Waals surface area contributed by atoms with Gasteiger partial charge in [-0.15, -0.1) is 0 Å². The van der Waals surface area contributed by atoms with Gasteiger partial charge in [-0.25, -0.2) is 0 Å². The van der Waals surface area contributed by atoms with E-state index in [2.05, 4.69) is 10.6 Å². The van der Waals surface area contributed by atoms with E-state index >= 15 is 0 Å². The van der Waals surface area contributed by atoms with Crippen molar-refractivity contribution >= 4 is 11.6 Å². The lowest BCUT2D eigenvalue weighted by Crippen LogP contribution is -2.27. The van der Waals surface area contributed by atoms with Crippen LogP contribution in [-0.4, -0.2) is 26.7 Å². The molecule has 0 radical (unpaired) electrons. The van der Waals surface area contributed by atoms with Crippen molar-refractivity contribution in [1.82, 2.24) is 5.32 Å². The van der Waals surface area contributed by atoms with Crippen LogP contribution in [0.1, 0.15) is 11.1 Å². The van der Waals surface area contributed by atoms with E-state index in [4.69, 9.17) is 9.47 Å². The SMILES string of the molecule is COc1ccc(CNCC(=O)Nc2ccc(C(F)(F)F)cc2)cc1OC. The number of ether oxygens (including phenoxy) is 2. The maximum absolute atomic E-state index is 12.5. The fourth-order valence-electron chi connectivity index (χ4n) is 2.26. The zero-order valence-electron chi connectivity index (χ0n) is 14.3. The molecule has 2 rings (SSSR count). The first-order valence-electron chi connectivity index (χ1n) is 7.72. The number of alkyl halides is 3. The van der Waals surface area contributed by atoms with Crippen molar-refractivity contribution < 1.29 is 27.4 Å². The molecule has 1 amide bonds. The number of benzene rings is 2. The lowest BCUT2D eigenvalue weighted by Gasteiger charge is -2.11. The highest BCUT2D eigenvalue weighted by molar-refractivity contribution is 5.92. The van der Waals surface area contributed by atoms with E-state index in [0.717, 1.165) is 17.7 Å². The Morgan fingerprint density at radius 2 is 1.65 bits per heavy atom. The standard InChI is InChI=1S/C18H19F3N2O3/c1-25-15-8-3-12(9-16(15)26-2)10-22-11-17(24)23-14-6-4-13(5-7-14)18(19,20)21/h3-9,22H,10-11H2,1-2H3,(H,23,24). The van der Waals surface area contributed by atoms with E-state index in [1.165, 1.54) is 19.2 Å². The second-order valence-corrected chi connectivity index (χ2v) is 5.42. The van der Waals surface area contributed by atoms with E-state index in [1.807, 2.05) is 6.07 Å². The van der Waals surface area contributed by atoms with Gasteiger partial charge in [-0.1, -0.05) is 6.07 Å². The number of halogens is 3. The summed E-state index contributed by atoms with van der Waals surface area (Å²) in [6.45, 7) is 0.427. The third-order valence-corrected chi connectivity index (χ3v) is 3.56. The molecule has 8 heteroatoms. The van der Waals surface area contributed by atoms with Gasteiger partial charge in [0.25, 0.3) is 0 Å². The molecule has 2 aromatic rings. The van der Waals surface area contributed by atoms with Gasteiger partial charge in [0, 0.05) is 12.2 Å². The molecule has 5 nitrogen and oxygen atoms in total. The van der Waals surface area contributed by atoms with Crippen molar-refractivity contribution in [3.63, 3.8) is 0 Å². The summed E-state index contributed by atoms with van der Waals surface area (Å²) >= 11 is 0. The summed E-state index contributed by atoms with van der Waals surface area (Å²) in [6.07, 6.45) is -4.40. The molecule has 0 saturated carbocycles. The van der Waals surface area contributed by atoms with Gasteiger partial charge in [0.2, 0.25) is 5.91 Å². The normalized spacial score (nSPS) is 11.1. The van der Waals surface area contributed by atoms with Gasteiger partial charge < -0.3 is 20.1 Å². The van der Waals surface area contributed by atoms with Gasteiger partial charge in [-0.3, -0.25) is 4.79 Å². The molecule has 0 atom stereocenters. The smallest absolute Gasteiger partial charge is 0.416 e. The van der Waals surface area contributed by atoms with Gasteiger partial charge in [0.15, 0.2) is 11.5 Å². The van der Waals surface area contributed by atoms with Crippen molar-refractivity contribution in [1.29, 1.82) is 0 Å². The van der Waals surface area contributed by atoms with Crippen molar-refractivity contribution in [3.05, 3.63) is 53.6 Å². The van der Waals surface area contributed by atoms with Crippen LogP contribution in [0.4, 0.5) is 18.9 Å². The lowest BCUT2D eigenvalue weighted by atomic mass is 10.2. The Labute approximate surface area is 149 Å². The zero-order valence-corrected chi connectivity index (χ0v) is 14.3. The molecule has 26 heavy (non-hydrogen) atoms. The third-order valence-electron chi connectivity index (χ3n) is 3.56. The van der Waals surface area contributed by atoms with Gasteiger partial charge in [0.05, 0.1) is 26.3 Å². The van der Waals surface area contributed by atoms with Crippen molar-refractivity contribution in [2.24, 2.45) is 0 Å². The average molecular weight is 368 g/mol. The average Bonchev–Trinajstić information content (AvgIpc) is 2.61. The number of amides is 1. The monoisotopic (exact) mass is 368 g/mol. The Morgan fingerprint density at radius 1 is 1.00 bits per heavy atom. The zero-order chi connectivity index (χ0) is 19.2. The molecule has 0 aliphatic rings. The summed E-state index contributed by atoms with van der Waals surface area (Å²) < 4.78 is 47.8. The molecule has 0 spiro atoms. The molecular formula is C18H19F3N2O3. The lowest BCUT2D eigenvalue weighted by molar-refractivity contribution is -0.137. The highest BCUT2D eigenvalue weighted by Gasteiger charge is 2.29. The van der Waals surface area contributed by atoms with Crippen LogP contribution < -0.4 is 20.1 Å². The molecule has 0 unspecified atom stereocenters. The minimum absolute atomic E-state index is 0.00929. The van der Waals surface area contributed by atoms with Crippen LogP contribution in [0, 0.1) is 0 Å². The molecule has 0 fully saturated rings. The largest absolute Gasteiger partial charge is 0.493 e. The predicted molar refractivity (Wildman–Crippen MR) is 91.3 cm³/mol. The predicted octanol–water partition coefficient (Wildman–Crippen LogP) is 3.45. The molecule has 0 saturated heterocycles. The maximum Gasteiger partial charge on any atom is 0.416 e. The summed E-state index contributed by atoms with van der Waals surface area (Å²) in [5.74, 6) is 0.836. The molecular weight excluding hydrogens is 349 g/mol. The summed E-state index contributed by atoms with van der Waals surface area (Å²) in [5.41, 5.74) is 0.433. The topological polar surface area (TPSA) is 59.6 Å². The molecule has 0 bridgehead atoms.